The fourth-order valence-corrected chi connectivity index (χ4v) is 2.43. The molecule has 1 fully saturated rings. The van der Waals surface area contributed by atoms with E-state index in [-0.39, 0.29) is 12.2 Å². The van der Waals surface area contributed by atoms with Crippen molar-refractivity contribution in [2.75, 3.05) is 6.61 Å². The molecule has 1 aliphatic carbocycles. The summed E-state index contributed by atoms with van der Waals surface area (Å²) in [5, 5.41) is 9.81. The van der Waals surface area contributed by atoms with Crippen LogP contribution in [0.25, 0.3) is 0 Å². The highest BCUT2D eigenvalue weighted by molar-refractivity contribution is 4.75. The van der Waals surface area contributed by atoms with Gasteiger partial charge in [-0.05, 0) is 25.2 Å². The number of hydrogen-bond donors (Lipinski definition) is 1. The molecule has 2 heteroatoms. The Morgan fingerprint density at radius 2 is 2.00 bits per heavy atom. The van der Waals surface area contributed by atoms with E-state index in [0.717, 1.165) is 25.9 Å². The molecule has 1 N–H and O–H groups in total. The van der Waals surface area contributed by atoms with Crippen LogP contribution in [0.15, 0.2) is 0 Å². The molecule has 0 saturated heterocycles. The highest BCUT2D eigenvalue weighted by Crippen LogP contribution is 2.23. The Morgan fingerprint density at radius 3 is 2.62 bits per heavy atom. The average molecular weight is 228 g/mol. The van der Waals surface area contributed by atoms with Crippen LogP contribution in [0.3, 0.4) is 0 Å². The maximum absolute atomic E-state index is 9.81. The SMILES string of the molecule is CCCCC(CC)COC1CCCCC1O. The van der Waals surface area contributed by atoms with Crippen molar-refractivity contribution in [2.24, 2.45) is 5.92 Å². The third kappa shape index (κ3) is 4.84. The highest BCUT2D eigenvalue weighted by atomic mass is 16.5. The topological polar surface area (TPSA) is 29.5 Å². The molecule has 96 valence electrons. The van der Waals surface area contributed by atoms with Crippen molar-refractivity contribution in [2.45, 2.75) is 77.4 Å². The Balaban J connectivity index is 2.19. The van der Waals surface area contributed by atoms with Gasteiger partial charge in [-0.3, -0.25) is 0 Å². The first-order chi connectivity index (χ1) is 7.77. The van der Waals surface area contributed by atoms with Gasteiger partial charge in [0, 0.05) is 6.61 Å². The molecule has 0 aromatic rings. The summed E-state index contributed by atoms with van der Waals surface area (Å²) in [6, 6.07) is 0. The predicted molar refractivity (Wildman–Crippen MR) is 67.5 cm³/mol. The molecule has 0 aromatic heterocycles. The van der Waals surface area contributed by atoms with E-state index in [9.17, 15) is 5.11 Å². The largest absolute Gasteiger partial charge is 0.390 e. The lowest BCUT2D eigenvalue weighted by molar-refractivity contribution is -0.0700. The van der Waals surface area contributed by atoms with Crippen molar-refractivity contribution < 1.29 is 9.84 Å². The number of aliphatic hydroxyl groups excluding tert-OH is 1. The van der Waals surface area contributed by atoms with Crippen molar-refractivity contribution >= 4 is 0 Å². The summed E-state index contributed by atoms with van der Waals surface area (Å²) in [4.78, 5) is 0. The predicted octanol–water partition coefficient (Wildman–Crippen LogP) is 3.52. The maximum Gasteiger partial charge on any atom is 0.0834 e. The van der Waals surface area contributed by atoms with Crippen molar-refractivity contribution in [3.63, 3.8) is 0 Å². The Hall–Kier alpha value is -0.0800. The number of aliphatic hydroxyl groups is 1. The minimum atomic E-state index is -0.211. The van der Waals surface area contributed by atoms with Gasteiger partial charge in [0.05, 0.1) is 12.2 Å². The Kier molecular flexibility index (Phi) is 7.06. The fourth-order valence-electron chi connectivity index (χ4n) is 2.43. The molecule has 0 aliphatic heterocycles. The standard InChI is InChI=1S/C14H28O2/c1-3-5-8-12(4-2)11-16-14-10-7-6-9-13(14)15/h12-15H,3-11H2,1-2H3. The van der Waals surface area contributed by atoms with Crippen LogP contribution in [0, 0.1) is 5.92 Å². The third-order valence-corrected chi connectivity index (χ3v) is 3.76. The minimum Gasteiger partial charge on any atom is -0.390 e. The number of ether oxygens (including phenoxy) is 1. The van der Waals surface area contributed by atoms with E-state index in [1.165, 1.54) is 32.1 Å². The van der Waals surface area contributed by atoms with E-state index in [1.54, 1.807) is 0 Å². The average Bonchev–Trinajstić information content (AvgIpc) is 2.31. The molecule has 3 unspecified atom stereocenters. The normalized spacial score (nSPS) is 27.9. The summed E-state index contributed by atoms with van der Waals surface area (Å²) in [5.41, 5.74) is 0. The third-order valence-electron chi connectivity index (χ3n) is 3.76. The second kappa shape index (κ2) is 8.08. The van der Waals surface area contributed by atoms with Gasteiger partial charge in [0.1, 0.15) is 0 Å². The Morgan fingerprint density at radius 1 is 1.25 bits per heavy atom. The van der Waals surface area contributed by atoms with Gasteiger partial charge in [0.15, 0.2) is 0 Å². The summed E-state index contributed by atoms with van der Waals surface area (Å²) in [6.07, 6.45) is 9.29. The first-order valence-electron chi connectivity index (χ1n) is 7.07. The van der Waals surface area contributed by atoms with Crippen LogP contribution >= 0.6 is 0 Å². The van der Waals surface area contributed by atoms with Crippen molar-refractivity contribution in [3.8, 4) is 0 Å². The first kappa shape index (κ1) is 14.0. The van der Waals surface area contributed by atoms with Gasteiger partial charge < -0.3 is 9.84 Å². The maximum atomic E-state index is 9.81. The molecule has 1 aliphatic rings. The molecule has 2 nitrogen and oxygen atoms in total. The molecule has 1 saturated carbocycles. The summed E-state index contributed by atoms with van der Waals surface area (Å²) in [6.45, 7) is 5.32. The Bertz CT molecular complexity index is 170. The molecular formula is C14H28O2. The van der Waals surface area contributed by atoms with Gasteiger partial charge in [0.25, 0.3) is 0 Å². The van der Waals surface area contributed by atoms with Crippen LogP contribution in [0.1, 0.15) is 65.2 Å². The van der Waals surface area contributed by atoms with Crippen LogP contribution in [-0.4, -0.2) is 23.9 Å². The van der Waals surface area contributed by atoms with Gasteiger partial charge >= 0.3 is 0 Å². The first-order valence-corrected chi connectivity index (χ1v) is 7.07. The molecule has 0 aromatic carbocycles. The van der Waals surface area contributed by atoms with Crippen molar-refractivity contribution in [1.82, 2.24) is 0 Å². The minimum absolute atomic E-state index is 0.115. The van der Waals surface area contributed by atoms with E-state index < -0.39 is 0 Å². The van der Waals surface area contributed by atoms with Crippen molar-refractivity contribution in [3.05, 3.63) is 0 Å². The molecule has 0 heterocycles. The van der Waals surface area contributed by atoms with Gasteiger partial charge in [-0.25, -0.2) is 0 Å². The summed E-state index contributed by atoms with van der Waals surface area (Å²) < 4.78 is 5.90. The van der Waals surface area contributed by atoms with Crippen molar-refractivity contribution in [1.29, 1.82) is 0 Å². The zero-order valence-corrected chi connectivity index (χ0v) is 11.0. The van der Waals surface area contributed by atoms with E-state index in [4.69, 9.17) is 4.74 Å². The second-order valence-electron chi connectivity index (χ2n) is 5.14. The quantitative estimate of drug-likeness (QED) is 0.722. The number of unbranched alkanes of at least 4 members (excludes halogenated alkanes) is 1. The summed E-state index contributed by atoms with van der Waals surface area (Å²) in [5.74, 6) is 0.689. The summed E-state index contributed by atoms with van der Waals surface area (Å²) in [7, 11) is 0. The van der Waals surface area contributed by atoms with Gasteiger partial charge in [0.2, 0.25) is 0 Å². The molecule has 16 heavy (non-hydrogen) atoms. The van der Waals surface area contributed by atoms with E-state index in [0.29, 0.717) is 5.92 Å². The monoisotopic (exact) mass is 228 g/mol. The van der Waals surface area contributed by atoms with E-state index in [2.05, 4.69) is 13.8 Å². The van der Waals surface area contributed by atoms with Crippen LogP contribution in [0.4, 0.5) is 0 Å². The zero-order chi connectivity index (χ0) is 11.8. The van der Waals surface area contributed by atoms with Gasteiger partial charge in [-0.2, -0.15) is 0 Å². The lowest BCUT2D eigenvalue weighted by Crippen LogP contribution is -2.33. The molecule has 3 atom stereocenters. The fraction of sp³-hybridized carbons (Fsp3) is 1.00. The molecule has 1 rings (SSSR count). The van der Waals surface area contributed by atoms with Gasteiger partial charge in [-0.15, -0.1) is 0 Å². The van der Waals surface area contributed by atoms with Crippen LogP contribution in [0.5, 0.6) is 0 Å². The lowest BCUT2D eigenvalue weighted by Gasteiger charge is -2.29. The molecular weight excluding hydrogens is 200 g/mol. The van der Waals surface area contributed by atoms with Crippen LogP contribution in [0.2, 0.25) is 0 Å². The summed E-state index contributed by atoms with van der Waals surface area (Å²) >= 11 is 0. The molecule has 0 spiro atoms. The molecule has 0 amide bonds. The van der Waals surface area contributed by atoms with Crippen LogP contribution in [-0.2, 0) is 4.74 Å². The lowest BCUT2D eigenvalue weighted by atomic mass is 9.94. The highest BCUT2D eigenvalue weighted by Gasteiger charge is 2.24. The van der Waals surface area contributed by atoms with E-state index >= 15 is 0 Å². The van der Waals surface area contributed by atoms with E-state index in [1.807, 2.05) is 0 Å². The number of rotatable bonds is 7. The Labute approximate surface area is 100 Å². The molecule has 0 bridgehead atoms. The molecule has 0 radical (unpaired) electrons. The van der Waals surface area contributed by atoms with Gasteiger partial charge in [-0.1, -0.05) is 46.0 Å². The zero-order valence-electron chi connectivity index (χ0n) is 11.0. The smallest absolute Gasteiger partial charge is 0.0834 e. The second-order valence-corrected chi connectivity index (χ2v) is 5.14. The number of hydrogen-bond acceptors (Lipinski definition) is 2. The van der Waals surface area contributed by atoms with Crippen LogP contribution < -0.4 is 0 Å².